The third-order valence-corrected chi connectivity index (χ3v) is 6.68. The molecule has 0 aliphatic carbocycles. The Morgan fingerprint density at radius 1 is 1.24 bits per heavy atom. The highest BCUT2D eigenvalue weighted by Crippen LogP contribution is 2.22. The first kappa shape index (κ1) is 21.1. The van der Waals surface area contributed by atoms with Crippen molar-refractivity contribution in [2.45, 2.75) is 26.5 Å². The highest BCUT2D eigenvalue weighted by Gasteiger charge is 2.32. The fraction of sp³-hybridized carbons (Fsp3) is 0.500. The highest BCUT2D eigenvalue weighted by atomic mass is 32.2. The molecule has 0 spiro atoms. The summed E-state index contributed by atoms with van der Waals surface area (Å²) in [5.41, 5.74) is 2.13. The molecule has 11 heteroatoms. The van der Waals surface area contributed by atoms with Crippen LogP contribution in [0.1, 0.15) is 44.7 Å². The number of rotatable bonds is 6. The first-order chi connectivity index (χ1) is 13.7. The topological polar surface area (TPSA) is 126 Å². The fourth-order valence-corrected chi connectivity index (χ4v) is 4.82. The molecule has 158 valence electrons. The van der Waals surface area contributed by atoms with Crippen molar-refractivity contribution < 1.29 is 27.3 Å². The van der Waals surface area contributed by atoms with E-state index in [2.05, 4.69) is 14.7 Å². The average Bonchev–Trinajstić information content (AvgIpc) is 3.28. The lowest BCUT2D eigenvalue weighted by molar-refractivity contribution is 0.0525. The maximum absolute atomic E-state index is 12.9. The molecule has 10 nitrogen and oxygen atoms in total. The largest absolute Gasteiger partial charge is 0.462 e. The lowest BCUT2D eigenvalue weighted by Crippen LogP contribution is -2.51. The summed E-state index contributed by atoms with van der Waals surface area (Å²) in [6, 6.07) is 1.51. The van der Waals surface area contributed by atoms with Gasteiger partial charge in [0, 0.05) is 37.9 Å². The Labute approximate surface area is 168 Å². The number of piperazine rings is 1. The van der Waals surface area contributed by atoms with Gasteiger partial charge < -0.3 is 19.1 Å². The fourth-order valence-electron chi connectivity index (χ4n) is 3.39. The quantitative estimate of drug-likeness (QED) is 0.688. The molecule has 1 amide bonds. The molecule has 0 aromatic carbocycles. The van der Waals surface area contributed by atoms with Crippen molar-refractivity contribution in [1.82, 2.24) is 19.3 Å². The van der Waals surface area contributed by atoms with Crippen LogP contribution in [0.3, 0.4) is 0 Å². The number of nitrogens with one attached hydrogen (secondary N) is 1. The van der Waals surface area contributed by atoms with Gasteiger partial charge in [-0.1, -0.05) is 5.16 Å². The summed E-state index contributed by atoms with van der Waals surface area (Å²) in [4.78, 5) is 29.6. The summed E-state index contributed by atoms with van der Waals surface area (Å²) in [7, 11) is -3.54. The molecule has 2 aromatic rings. The van der Waals surface area contributed by atoms with Crippen LogP contribution in [0.4, 0.5) is 0 Å². The average molecular weight is 424 g/mol. The summed E-state index contributed by atoms with van der Waals surface area (Å²) < 4.78 is 36.1. The van der Waals surface area contributed by atoms with Gasteiger partial charge in [-0.25, -0.2) is 13.2 Å². The second kappa shape index (κ2) is 8.37. The number of aryl methyl sites for hydroxylation is 1. The van der Waals surface area contributed by atoms with Gasteiger partial charge in [0.25, 0.3) is 5.91 Å². The molecule has 29 heavy (non-hydrogen) atoms. The van der Waals surface area contributed by atoms with Gasteiger partial charge in [0.15, 0.2) is 0 Å². The Balaban J connectivity index is 1.68. The Bertz CT molecular complexity index is 988. The first-order valence-corrected chi connectivity index (χ1v) is 10.9. The number of sulfonamides is 1. The van der Waals surface area contributed by atoms with E-state index in [1.807, 2.05) is 0 Å². The molecule has 0 saturated carbocycles. The summed E-state index contributed by atoms with van der Waals surface area (Å²) in [6.07, 6.45) is 1.33. The Morgan fingerprint density at radius 2 is 1.93 bits per heavy atom. The van der Waals surface area contributed by atoms with Crippen molar-refractivity contribution in [3.8, 4) is 0 Å². The van der Waals surface area contributed by atoms with Gasteiger partial charge in [-0.15, -0.1) is 0 Å². The number of amides is 1. The third-order valence-electron chi connectivity index (χ3n) is 4.87. The molecule has 2 aromatic heterocycles. The molecule has 1 aliphatic heterocycles. The number of carbonyl (C=O) groups is 2. The van der Waals surface area contributed by atoms with E-state index >= 15 is 0 Å². The predicted octanol–water partition coefficient (Wildman–Crippen LogP) is 1.08. The second-order valence-electron chi connectivity index (χ2n) is 6.78. The van der Waals surface area contributed by atoms with Crippen LogP contribution in [-0.4, -0.2) is 72.4 Å². The molecule has 3 rings (SSSR count). The molecule has 1 N–H and O–H groups in total. The molecule has 3 heterocycles. The van der Waals surface area contributed by atoms with Crippen molar-refractivity contribution in [3.05, 3.63) is 40.5 Å². The number of hydrogen-bond acceptors (Lipinski definition) is 7. The monoisotopic (exact) mass is 424 g/mol. The predicted molar refractivity (Wildman–Crippen MR) is 103 cm³/mol. The molecular formula is C18H24N4O6S. The smallest absolute Gasteiger partial charge is 0.340 e. The maximum Gasteiger partial charge on any atom is 0.340 e. The van der Waals surface area contributed by atoms with Crippen molar-refractivity contribution >= 4 is 21.9 Å². The van der Waals surface area contributed by atoms with Gasteiger partial charge in [0.1, 0.15) is 17.7 Å². The minimum Gasteiger partial charge on any atom is -0.462 e. The van der Waals surface area contributed by atoms with Crippen LogP contribution in [0.25, 0.3) is 0 Å². The van der Waals surface area contributed by atoms with E-state index in [1.54, 1.807) is 25.7 Å². The van der Waals surface area contributed by atoms with Gasteiger partial charge in [0.2, 0.25) is 10.0 Å². The summed E-state index contributed by atoms with van der Waals surface area (Å²) in [6.45, 7) is 6.26. The maximum atomic E-state index is 12.9. The molecule has 0 unspecified atom stereocenters. The minimum atomic E-state index is -3.54. The van der Waals surface area contributed by atoms with E-state index in [0.29, 0.717) is 28.2 Å². The third kappa shape index (κ3) is 4.35. The lowest BCUT2D eigenvalue weighted by atomic mass is 10.1. The lowest BCUT2D eigenvalue weighted by Gasteiger charge is -2.33. The van der Waals surface area contributed by atoms with Crippen molar-refractivity contribution in [2.75, 3.05) is 32.8 Å². The van der Waals surface area contributed by atoms with Crippen molar-refractivity contribution in [2.24, 2.45) is 0 Å². The molecular weight excluding hydrogens is 400 g/mol. The number of carbonyl (C=O) groups excluding carboxylic acids is 2. The Morgan fingerprint density at radius 3 is 2.52 bits per heavy atom. The zero-order chi connectivity index (χ0) is 21.2. The standard InChI is InChI=1S/C18H24N4O6S/c1-4-27-18(24)15-12(2)16(19-13(15)3)17(23)21-6-8-22(9-7-21)29(25,26)11-14-5-10-28-20-14/h5,10,19H,4,6-9,11H2,1-3H3. The van der Waals surface area contributed by atoms with E-state index < -0.39 is 16.0 Å². The van der Waals surface area contributed by atoms with Gasteiger partial charge >= 0.3 is 5.97 Å². The van der Waals surface area contributed by atoms with Crippen molar-refractivity contribution in [3.63, 3.8) is 0 Å². The van der Waals surface area contributed by atoms with Crippen LogP contribution in [0.2, 0.25) is 0 Å². The zero-order valence-electron chi connectivity index (χ0n) is 16.6. The van der Waals surface area contributed by atoms with Gasteiger partial charge in [-0.05, 0) is 26.3 Å². The number of H-pyrrole nitrogens is 1. The molecule has 0 radical (unpaired) electrons. The molecule has 1 aliphatic rings. The SMILES string of the molecule is CCOC(=O)c1c(C)[nH]c(C(=O)N2CCN(S(=O)(=O)Cc3ccon3)CC2)c1C. The minimum absolute atomic E-state index is 0.190. The molecule has 1 fully saturated rings. The molecule has 1 saturated heterocycles. The van der Waals surface area contributed by atoms with Gasteiger partial charge in [-0.2, -0.15) is 4.31 Å². The first-order valence-electron chi connectivity index (χ1n) is 9.27. The van der Waals surface area contributed by atoms with Gasteiger partial charge in [0.05, 0.1) is 17.9 Å². The second-order valence-corrected chi connectivity index (χ2v) is 8.75. The van der Waals surface area contributed by atoms with E-state index in [4.69, 9.17) is 4.74 Å². The van der Waals surface area contributed by atoms with E-state index in [9.17, 15) is 18.0 Å². The Hall–Kier alpha value is -2.66. The van der Waals surface area contributed by atoms with Crippen LogP contribution >= 0.6 is 0 Å². The number of aromatic amines is 1. The summed E-state index contributed by atoms with van der Waals surface area (Å²) in [5, 5.41) is 3.64. The summed E-state index contributed by atoms with van der Waals surface area (Å²) in [5.74, 6) is -0.980. The number of ether oxygens (including phenoxy) is 1. The normalized spacial score (nSPS) is 15.5. The van der Waals surface area contributed by atoms with Crippen LogP contribution < -0.4 is 0 Å². The number of aromatic nitrogens is 2. The van der Waals surface area contributed by atoms with Crippen LogP contribution in [0.15, 0.2) is 16.9 Å². The highest BCUT2D eigenvalue weighted by molar-refractivity contribution is 7.88. The van der Waals surface area contributed by atoms with E-state index in [1.165, 1.54) is 16.6 Å². The Kier molecular flexibility index (Phi) is 6.08. The van der Waals surface area contributed by atoms with E-state index in [-0.39, 0.29) is 44.4 Å². The molecule has 0 atom stereocenters. The molecule has 0 bridgehead atoms. The number of hydrogen-bond donors (Lipinski definition) is 1. The summed E-state index contributed by atoms with van der Waals surface area (Å²) >= 11 is 0. The van der Waals surface area contributed by atoms with Crippen molar-refractivity contribution in [1.29, 1.82) is 0 Å². The zero-order valence-corrected chi connectivity index (χ0v) is 17.4. The number of esters is 1. The van der Waals surface area contributed by atoms with E-state index in [0.717, 1.165) is 0 Å². The van der Waals surface area contributed by atoms with Crippen LogP contribution in [0, 0.1) is 13.8 Å². The van der Waals surface area contributed by atoms with Gasteiger partial charge in [-0.3, -0.25) is 4.79 Å². The van der Waals surface area contributed by atoms with Crippen LogP contribution in [-0.2, 0) is 20.5 Å². The van der Waals surface area contributed by atoms with Crippen LogP contribution in [0.5, 0.6) is 0 Å². The number of nitrogens with zero attached hydrogens (tertiary/aromatic N) is 3.